The quantitative estimate of drug-likeness (QED) is 0.490. The Morgan fingerprint density at radius 1 is 1.24 bits per heavy atom. The first-order valence-corrected chi connectivity index (χ1v) is 7.62. The van der Waals surface area contributed by atoms with Crippen molar-refractivity contribution in [2.75, 3.05) is 7.11 Å². The predicted molar refractivity (Wildman–Crippen MR) is 95.5 cm³/mol. The Hall–Kier alpha value is -0.865. The largest absolute Gasteiger partial charge is 0.496 e. The van der Waals surface area contributed by atoms with Crippen LogP contribution in [-0.4, -0.2) is 24.9 Å². The van der Waals surface area contributed by atoms with Gasteiger partial charge in [0.15, 0.2) is 0 Å². The van der Waals surface area contributed by atoms with Crippen molar-refractivity contribution in [3.63, 3.8) is 0 Å². The number of methoxy groups -OCH3 is 1. The molecule has 21 heavy (non-hydrogen) atoms. The first-order valence-electron chi connectivity index (χ1n) is 7.17. The van der Waals surface area contributed by atoms with Gasteiger partial charge in [-0.3, -0.25) is 0 Å². The third kappa shape index (κ3) is 4.30. The normalized spacial score (nSPS) is 13.2. The number of hydrogen-bond acceptors (Lipinski definition) is 3. The standard InChI is InChI=1S/C17H26BO2S/c1-8-15(19-7)13-10-9-11-14(12(13)2)18-20-16(3,4)17(5,6)21/h8-11,21H,1-7H3. The van der Waals surface area contributed by atoms with E-state index in [1.165, 1.54) is 0 Å². The van der Waals surface area contributed by atoms with Gasteiger partial charge in [0.1, 0.15) is 5.76 Å². The Bertz CT molecular complexity index is 516. The van der Waals surface area contributed by atoms with Gasteiger partial charge in [0, 0.05) is 10.3 Å². The van der Waals surface area contributed by atoms with Gasteiger partial charge < -0.3 is 9.39 Å². The second-order valence-corrected chi connectivity index (χ2v) is 7.30. The summed E-state index contributed by atoms with van der Waals surface area (Å²) in [7, 11) is 3.51. The lowest BCUT2D eigenvalue weighted by atomic mass is 9.80. The highest BCUT2D eigenvalue weighted by Crippen LogP contribution is 2.30. The number of rotatable bonds is 6. The van der Waals surface area contributed by atoms with Crippen LogP contribution in [0.1, 0.15) is 45.7 Å². The Morgan fingerprint density at radius 2 is 1.86 bits per heavy atom. The molecule has 0 aromatic heterocycles. The van der Waals surface area contributed by atoms with Gasteiger partial charge in [0.2, 0.25) is 0 Å². The molecule has 4 heteroatoms. The van der Waals surface area contributed by atoms with E-state index in [0.717, 1.165) is 22.3 Å². The molecule has 0 atom stereocenters. The van der Waals surface area contributed by atoms with E-state index in [1.807, 2.05) is 46.5 Å². The van der Waals surface area contributed by atoms with Gasteiger partial charge in [-0.1, -0.05) is 18.2 Å². The maximum Gasteiger partial charge on any atom is 0.331 e. The van der Waals surface area contributed by atoms with Crippen LogP contribution in [0, 0.1) is 6.92 Å². The third-order valence-corrected chi connectivity index (χ3v) is 4.62. The van der Waals surface area contributed by atoms with E-state index in [0.29, 0.717) is 0 Å². The van der Waals surface area contributed by atoms with Gasteiger partial charge in [0.25, 0.3) is 0 Å². The van der Waals surface area contributed by atoms with Crippen LogP contribution in [0.5, 0.6) is 0 Å². The lowest BCUT2D eigenvalue weighted by Gasteiger charge is -2.38. The van der Waals surface area contributed by atoms with E-state index in [1.54, 1.807) is 7.11 Å². The van der Waals surface area contributed by atoms with Crippen molar-refractivity contribution in [1.82, 2.24) is 0 Å². The number of thiol groups is 1. The molecule has 0 saturated carbocycles. The minimum Gasteiger partial charge on any atom is -0.496 e. The second-order valence-electron chi connectivity index (χ2n) is 6.18. The van der Waals surface area contributed by atoms with Gasteiger partial charge >= 0.3 is 7.48 Å². The summed E-state index contributed by atoms with van der Waals surface area (Å²) in [6.45, 7) is 12.2. The van der Waals surface area contributed by atoms with Crippen LogP contribution < -0.4 is 5.46 Å². The monoisotopic (exact) mass is 305 g/mol. The summed E-state index contributed by atoms with van der Waals surface area (Å²) >= 11 is 4.62. The summed E-state index contributed by atoms with van der Waals surface area (Å²) in [6, 6.07) is 6.11. The Balaban J connectivity index is 2.99. The first kappa shape index (κ1) is 18.2. The highest BCUT2D eigenvalue weighted by atomic mass is 32.1. The molecular formula is C17H26BO2S. The molecule has 0 spiro atoms. The zero-order valence-electron chi connectivity index (χ0n) is 14.2. The molecule has 1 aromatic carbocycles. The molecule has 0 amide bonds. The molecule has 0 aliphatic carbocycles. The maximum atomic E-state index is 6.00. The molecule has 0 saturated heterocycles. The first-order chi connectivity index (χ1) is 9.64. The summed E-state index contributed by atoms with van der Waals surface area (Å²) in [6.07, 6.45) is 1.97. The lowest BCUT2D eigenvalue weighted by Crippen LogP contribution is -2.46. The highest BCUT2D eigenvalue weighted by Gasteiger charge is 2.34. The van der Waals surface area contributed by atoms with Crippen molar-refractivity contribution in [3.05, 3.63) is 35.4 Å². The molecule has 2 nitrogen and oxygen atoms in total. The van der Waals surface area contributed by atoms with Crippen molar-refractivity contribution in [2.24, 2.45) is 0 Å². The predicted octanol–water partition coefficient (Wildman–Crippen LogP) is 3.75. The average Bonchev–Trinajstić information content (AvgIpc) is 2.39. The van der Waals surface area contributed by atoms with Crippen LogP contribution in [-0.2, 0) is 9.39 Å². The number of benzene rings is 1. The van der Waals surface area contributed by atoms with Crippen LogP contribution >= 0.6 is 12.6 Å². The molecule has 0 aliphatic rings. The zero-order chi connectivity index (χ0) is 16.3. The minimum absolute atomic E-state index is 0.240. The molecule has 0 bridgehead atoms. The van der Waals surface area contributed by atoms with Gasteiger partial charge in [-0.05, 0) is 58.6 Å². The molecule has 1 rings (SSSR count). The van der Waals surface area contributed by atoms with E-state index >= 15 is 0 Å². The summed E-state index contributed by atoms with van der Waals surface area (Å²) in [5, 5.41) is 0. The average molecular weight is 305 g/mol. The van der Waals surface area contributed by atoms with Gasteiger partial charge in [-0.15, -0.1) is 0 Å². The molecule has 0 N–H and O–H groups in total. The van der Waals surface area contributed by atoms with Crippen LogP contribution in [0.3, 0.4) is 0 Å². The molecule has 1 aromatic rings. The summed E-state index contributed by atoms with van der Waals surface area (Å²) in [5.74, 6) is 0.872. The van der Waals surface area contributed by atoms with Crippen molar-refractivity contribution in [1.29, 1.82) is 0 Å². The van der Waals surface area contributed by atoms with Gasteiger partial charge in [-0.2, -0.15) is 12.6 Å². The Labute approximate surface area is 135 Å². The van der Waals surface area contributed by atoms with E-state index in [-0.39, 0.29) is 10.3 Å². The lowest BCUT2D eigenvalue weighted by molar-refractivity contribution is 0.0854. The highest BCUT2D eigenvalue weighted by molar-refractivity contribution is 7.81. The molecule has 0 aliphatic heterocycles. The van der Waals surface area contributed by atoms with Crippen LogP contribution in [0.2, 0.25) is 0 Å². The van der Waals surface area contributed by atoms with Crippen LogP contribution in [0.15, 0.2) is 24.3 Å². The van der Waals surface area contributed by atoms with E-state index in [2.05, 4.69) is 39.5 Å². The summed E-state index contributed by atoms with van der Waals surface area (Å²) in [5.41, 5.74) is 2.90. The van der Waals surface area contributed by atoms with Gasteiger partial charge in [-0.25, -0.2) is 0 Å². The molecular weight excluding hydrogens is 279 g/mol. The molecule has 115 valence electrons. The molecule has 0 fully saturated rings. The SMILES string of the molecule is CC=C(OC)c1cccc([B]OC(C)(C)C(C)(C)S)c1C. The number of hydrogen-bond donors (Lipinski definition) is 1. The smallest absolute Gasteiger partial charge is 0.331 e. The Kier molecular flexibility index (Phi) is 6.00. The molecule has 0 heterocycles. The second kappa shape index (κ2) is 6.93. The fraction of sp³-hybridized carbons (Fsp3) is 0.529. The van der Waals surface area contributed by atoms with Crippen LogP contribution in [0.4, 0.5) is 0 Å². The number of ether oxygens (including phenoxy) is 1. The van der Waals surface area contributed by atoms with Crippen LogP contribution in [0.25, 0.3) is 5.76 Å². The molecule has 0 unspecified atom stereocenters. The van der Waals surface area contributed by atoms with Gasteiger partial charge in [0.05, 0.1) is 12.7 Å². The van der Waals surface area contributed by atoms with Crippen molar-refractivity contribution in [3.8, 4) is 0 Å². The summed E-state index contributed by atoms with van der Waals surface area (Å²) < 4.78 is 11.2. The van der Waals surface area contributed by atoms with Crippen molar-refractivity contribution < 1.29 is 9.39 Å². The Morgan fingerprint density at radius 3 is 2.33 bits per heavy atom. The van der Waals surface area contributed by atoms with Crippen molar-refractivity contribution in [2.45, 2.75) is 51.9 Å². The topological polar surface area (TPSA) is 18.5 Å². The maximum absolute atomic E-state index is 6.00. The van der Waals surface area contributed by atoms with E-state index in [4.69, 9.17) is 9.39 Å². The third-order valence-electron chi connectivity index (χ3n) is 4.08. The fourth-order valence-corrected chi connectivity index (χ4v) is 1.84. The minimum atomic E-state index is -0.372. The van der Waals surface area contributed by atoms with E-state index < -0.39 is 0 Å². The summed E-state index contributed by atoms with van der Waals surface area (Å²) in [4.78, 5) is 0. The fourth-order valence-electron chi connectivity index (χ4n) is 1.79. The van der Waals surface area contributed by atoms with E-state index in [9.17, 15) is 0 Å². The number of allylic oxidation sites excluding steroid dienone is 1. The van der Waals surface area contributed by atoms with Crippen molar-refractivity contribution >= 4 is 31.3 Å². The zero-order valence-corrected chi connectivity index (χ0v) is 15.0. The molecule has 1 radical (unpaired) electrons.